The van der Waals surface area contributed by atoms with Crippen molar-refractivity contribution < 1.29 is 0 Å². The first-order valence-corrected chi connectivity index (χ1v) is 7.24. The minimum absolute atomic E-state index is 0.744. The first-order chi connectivity index (χ1) is 9.31. The summed E-state index contributed by atoms with van der Waals surface area (Å²) in [5.41, 5.74) is 2.05. The average Bonchev–Trinajstić information content (AvgIpc) is 2.47. The maximum atomic E-state index is 8.78. The standard InChI is InChI=1S/C16H23N3/c1-2-18-12-15-7-9-19(10-8-15)13-16-5-3-14(11-17)4-6-16/h3-6,15,18H,2,7-10,12-13H2,1H3. The van der Waals surface area contributed by atoms with Crippen molar-refractivity contribution in [2.24, 2.45) is 5.92 Å². The van der Waals surface area contributed by atoms with E-state index in [0.29, 0.717) is 0 Å². The summed E-state index contributed by atoms with van der Waals surface area (Å²) in [5.74, 6) is 0.845. The molecular weight excluding hydrogens is 234 g/mol. The largest absolute Gasteiger partial charge is 0.317 e. The highest BCUT2D eigenvalue weighted by Gasteiger charge is 2.18. The maximum Gasteiger partial charge on any atom is 0.0991 e. The zero-order chi connectivity index (χ0) is 13.5. The summed E-state index contributed by atoms with van der Waals surface area (Å²) in [7, 11) is 0. The van der Waals surface area contributed by atoms with Crippen LogP contribution in [0.1, 0.15) is 30.9 Å². The summed E-state index contributed by atoms with van der Waals surface area (Å²) in [6.07, 6.45) is 2.59. The lowest BCUT2D eigenvalue weighted by Crippen LogP contribution is -2.36. The lowest BCUT2D eigenvalue weighted by Gasteiger charge is -2.32. The van der Waals surface area contributed by atoms with Crippen LogP contribution in [0.15, 0.2) is 24.3 Å². The molecule has 1 aromatic rings. The monoisotopic (exact) mass is 257 g/mol. The fraction of sp³-hybridized carbons (Fsp3) is 0.562. The number of nitriles is 1. The molecule has 3 nitrogen and oxygen atoms in total. The number of hydrogen-bond donors (Lipinski definition) is 1. The van der Waals surface area contributed by atoms with E-state index in [2.05, 4.69) is 35.3 Å². The van der Waals surface area contributed by atoms with Crippen molar-refractivity contribution in [1.82, 2.24) is 10.2 Å². The second-order valence-electron chi connectivity index (χ2n) is 5.34. The fourth-order valence-corrected chi connectivity index (χ4v) is 2.64. The number of rotatable bonds is 5. The molecule has 0 unspecified atom stereocenters. The van der Waals surface area contributed by atoms with E-state index in [4.69, 9.17) is 5.26 Å². The van der Waals surface area contributed by atoms with Crippen molar-refractivity contribution in [3.05, 3.63) is 35.4 Å². The molecule has 1 fully saturated rings. The zero-order valence-electron chi connectivity index (χ0n) is 11.7. The van der Waals surface area contributed by atoms with E-state index in [1.54, 1.807) is 0 Å². The van der Waals surface area contributed by atoms with Gasteiger partial charge in [0.2, 0.25) is 0 Å². The Morgan fingerprint density at radius 2 is 1.95 bits per heavy atom. The molecule has 2 rings (SSSR count). The van der Waals surface area contributed by atoms with Gasteiger partial charge in [0.25, 0.3) is 0 Å². The first kappa shape index (κ1) is 14.0. The van der Waals surface area contributed by atoms with E-state index in [9.17, 15) is 0 Å². The topological polar surface area (TPSA) is 39.1 Å². The second-order valence-corrected chi connectivity index (χ2v) is 5.34. The minimum atomic E-state index is 0.744. The van der Waals surface area contributed by atoms with Gasteiger partial charge in [-0.2, -0.15) is 5.26 Å². The normalized spacial score (nSPS) is 17.3. The van der Waals surface area contributed by atoms with Gasteiger partial charge in [-0.05, 0) is 62.6 Å². The van der Waals surface area contributed by atoms with Crippen LogP contribution in [0.3, 0.4) is 0 Å². The molecule has 0 bridgehead atoms. The Morgan fingerprint density at radius 1 is 1.26 bits per heavy atom. The summed E-state index contributed by atoms with van der Waals surface area (Å²) in [6.45, 7) is 7.80. The number of benzene rings is 1. The summed E-state index contributed by atoms with van der Waals surface area (Å²) in [5, 5.41) is 12.2. The Kier molecular flexibility index (Phi) is 5.38. The van der Waals surface area contributed by atoms with Crippen molar-refractivity contribution in [2.45, 2.75) is 26.3 Å². The van der Waals surface area contributed by atoms with Crippen LogP contribution in [-0.4, -0.2) is 31.1 Å². The molecule has 1 aromatic carbocycles. The Morgan fingerprint density at radius 3 is 2.53 bits per heavy atom. The van der Waals surface area contributed by atoms with Gasteiger partial charge in [-0.1, -0.05) is 19.1 Å². The van der Waals surface area contributed by atoms with Crippen molar-refractivity contribution in [3.63, 3.8) is 0 Å². The average molecular weight is 257 g/mol. The van der Waals surface area contributed by atoms with E-state index >= 15 is 0 Å². The van der Waals surface area contributed by atoms with Crippen molar-refractivity contribution in [2.75, 3.05) is 26.2 Å². The number of nitrogens with one attached hydrogen (secondary N) is 1. The van der Waals surface area contributed by atoms with Crippen LogP contribution in [0.2, 0.25) is 0 Å². The van der Waals surface area contributed by atoms with Gasteiger partial charge in [-0.25, -0.2) is 0 Å². The smallest absolute Gasteiger partial charge is 0.0991 e. The van der Waals surface area contributed by atoms with E-state index in [1.807, 2.05) is 12.1 Å². The molecule has 0 aliphatic carbocycles. The van der Waals surface area contributed by atoms with Gasteiger partial charge >= 0.3 is 0 Å². The molecule has 1 aliphatic heterocycles. The van der Waals surface area contributed by atoms with Crippen LogP contribution in [0.25, 0.3) is 0 Å². The van der Waals surface area contributed by atoms with Gasteiger partial charge in [0.15, 0.2) is 0 Å². The Labute approximate surface area is 116 Å². The molecule has 0 atom stereocenters. The zero-order valence-corrected chi connectivity index (χ0v) is 11.7. The van der Waals surface area contributed by atoms with Gasteiger partial charge in [0.1, 0.15) is 0 Å². The van der Waals surface area contributed by atoms with E-state index in [-0.39, 0.29) is 0 Å². The Bertz CT molecular complexity index is 411. The predicted octanol–water partition coefficient (Wildman–Crippen LogP) is 2.38. The van der Waals surface area contributed by atoms with Crippen LogP contribution >= 0.6 is 0 Å². The third-order valence-electron chi connectivity index (χ3n) is 3.88. The third kappa shape index (κ3) is 4.34. The number of hydrogen-bond acceptors (Lipinski definition) is 3. The van der Waals surface area contributed by atoms with Crippen LogP contribution in [0.5, 0.6) is 0 Å². The highest BCUT2D eigenvalue weighted by Crippen LogP contribution is 2.18. The SMILES string of the molecule is CCNCC1CCN(Cc2ccc(C#N)cc2)CC1. The first-order valence-electron chi connectivity index (χ1n) is 7.24. The molecule has 19 heavy (non-hydrogen) atoms. The molecule has 3 heteroatoms. The summed E-state index contributed by atoms with van der Waals surface area (Å²) in [6, 6.07) is 10.1. The van der Waals surface area contributed by atoms with Crippen LogP contribution < -0.4 is 5.32 Å². The van der Waals surface area contributed by atoms with Gasteiger partial charge in [-0.3, -0.25) is 4.90 Å². The van der Waals surface area contributed by atoms with E-state index < -0.39 is 0 Å². The van der Waals surface area contributed by atoms with Crippen molar-refractivity contribution in [1.29, 1.82) is 5.26 Å². The molecule has 1 heterocycles. The van der Waals surface area contributed by atoms with Gasteiger partial charge in [0.05, 0.1) is 11.6 Å². The van der Waals surface area contributed by atoms with Crippen LogP contribution in [0, 0.1) is 17.2 Å². The highest BCUT2D eigenvalue weighted by molar-refractivity contribution is 5.31. The molecule has 0 amide bonds. The molecule has 0 radical (unpaired) electrons. The van der Waals surface area contributed by atoms with Gasteiger partial charge in [-0.15, -0.1) is 0 Å². The Hall–Kier alpha value is -1.37. The lowest BCUT2D eigenvalue weighted by atomic mass is 9.96. The van der Waals surface area contributed by atoms with Gasteiger partial charge in [0, 0.05) is 6.54 Å². The van der Waals surface area contributed by atoms with Crippen LogP contribution in [-0.2, 0) is 6.54 Å². The third-order valence-corrected chi connectivity index (χ3v) is 3.88. The molecular formula is C16H23N3. The molecule has 0 saturated carbocycles. The highest BCUT2D eigenvalue weighted by atomic mass is 15.1. The quantitative estimate of drug-likeness (QED) is 0.880. The fourth-order valence-electron chi connectivity index (χ4n) is 2.64. The van der Waals surface area contributed by atoms with Crippen molar-refractivity contribution in [3.8, 4) is 6.07 Å². The van der Waals surface area contributed by atoms with E-state index in [1.165, 1.54) is 38.0 Å². The predicted molar refractivity (Wildman–Crippen MR) is 77.7 cm³/mol. The summed E-state index contributed by atoms with van der Waals surface area (Å²) in [4.78, 5) is 2.52. The van der Waals surface area contributed by atoms with Crippen molar-refractivity contribution >= 4 is 0 Å². The lowest BCUT2D eigenvalue weighted by molar-refractivity contribution is 0.176. The number of likely N-dealkylation sites (tertiary alicyclic amines) is 1. The molecule has 1 aliphatic rings. The number of nitrogens with zero attached hydrogens (tertiary/aromatic N) is 2. The minimum Gasteiger partial charge on any atom is -0.317 e. The van der Waals surface area contributed by atoms with Gasteiger partial charge < -0.3 is 5.32 Å². The maximum absolute atomic E-state index is 8.78. The second kappa shape index (κ2) is 7.28. The van der Waals surface area contributed by atoms with Crippen LogP contribution in [0.4, 0.5) is 0 Å². The summed E-state index contributed by atoms with van der Waals surface area (Å²) < 4.78 is 0. The molecule has 0 aromatic heterocycles. The molecule has 1 N–H and O–H groups in total. The van der Waals surface area contributed by atoms with E-state index in [0.717, 1.165) is 24.6 Å². The molecule has 1 saturated heterocycles. The number of piperidine rings is 1. The molecule has 102 valence electrons. The Balaban J connectivity index is 1.77. The summed E-state index contributed by atoms with van der Waals surface area (Å²) >= 11 is 0. The molecule has 0 spiro atoms.